The molecule has 37 heavy (non-hydrogen) atoms. The van der Waals surface area contributed by atoms with E-state index in [0.29, 0.717) is 29.3 Å². The summed E-state index contributed by atoms with van der Waals surface area (Å²) in [7, 11) is 4.57. The highest BCUT2D eigenvalue weighted by Gasteiger charge is 2.28. The molecule has 8 heteroatoms. The van der Waals surface area contributed by atoms with Crippen LogP contribution in [0.4, 0.5) is 5.69 Å². The molecule has 3 aromatic rings. The lowest BCUT2D eigenvalue weighted by Crippen LogP contribution is -2.36. The van der Waals surface area contributed by atoms with Gasteiger partial charge in [-0.15, -0.1) is 0 Å². The number of anilines is 1. The predicted molar refractivity (Wildman–Crippen MR) is 140 cm³/mol. The molecule has 8 nitrogen and oxygen atoms in total. The van der Waals surface area contributed by atoms with E-state index in [9.17, 15) is 9.59 Å². The van der Waals surface area contributed by atoms with Crippen LogP contribution in [0.3, 0.4) is 0 Å². The lowest BCUT2D eigenvalue weighted by atomic mass is 9.99. The predicted octanol–water partition coefficient (Wildman–Crippen LogP) is 4.67. The molecular weight excluding hydrogens is 470 g/mol. The third-order valence-corrected chi connectivity index (χ3v) is 6.73. The van der Waals surface area contributed by atoms with Crippen LogP contribution in [0.15, 0.2) is 60.7 Å². The number of carbonyl (C=O) groups is 2. The van der Waals surface area contributed by atoms with Crippen molar-refractivity contribution in [3.63, 3.8) is 0 Å². The van der Waals surface area contributed by atoms with Gasteiger partial charge in [-0.3, -0.25) is 4.79 Å². The number of aromatic nitrogens is 2. The summed E-state index contributed by atoms with van der Waals surface area (Å²) < 4.78 is 17.6. The molecule has 1 amide bonds. The molecule has 2 aromatic carbocycles. The van der Waals surface area contributed by atoms with Gasteiger partial charge in [0.25, 0.3) is 5.91 Å². The summed E-state index contributed by atoms with van der Waals surface area (Å²) in [5.74, 6) is 0.714. The summed E-state index contributed by atoms with van der Waals surface area (Å²) in [5.41, 5.74) is 5.31. The van der Waals surface area contributed by atoms with Crippen LogP contribution >= 0.6 is 0 Å². The van der Waals surface area contributed by atoms with E-state index in [1.165, 1.54) is 7.11 Å². The quantitative estimate of drug-likeness (QED) is 0.475. The number of benzene rings is 2. The number of methoxy groups -OCH3 is 3. The van der Waals surface area contributed by atoms with Gasteiger partial charge in [0.05, 0.1) is 32.6 Å². The largest absolute Gasteiger partial charge is 0.493 e. The third kappa shape index (κ3) is 4.62. The van der Waals surface area contributed by atoms with Gasteiger partial charge in [-0.2, -0.15) is 5.10 Å². The van der Waals surface area contributed by atoms with E-state index >= 15 is 0 Å². The SMILES string of the molecule is COC(=O)c1ccc2c(c1)CCCN2C(=O)c1cc2n(n1)/C(c1ccc(OC)c(OC)c1)=C\C=C/CC2. The Morgan fingerprint density at radius 3 is 2.57 bits per heavy atom. The number of fused-ring (bicyclic) bond motifs is 2. The first-order chi connectivity index (χ1) is 18.0. The molecule has 0 spiro atoms. The molecule has 0 fully saturated rings. The average Bonchev–Trinajstić information content (AvgIpc) is 3.34. The van der Waals surface area contributed by atoms with Gasteiger partial charge in [0.1, 0.15) is 0 Å². The van der Waals surface area contributed by atoms with Crippen molar-refractivity contribution in [1.29, 1.82) is 0 Å². The molecule has 3 heterocycles. The van der Waals surface area contributed by atoms with Gasteiger partial charge in [0.15, 0.2) is 17.2 Å². The molecule has 0 bridgehead atoms. The molecule has 0 saturated heterocycles. The highest BCUT2D eigenvalue weighted by molar-refractivity contribution is 6.06. The van der Waals surface area contributed by atoms with Gasteiger partial charge in [-0.05, 0) is 79.8 Å². The van der Waals surface area contributed by atoms with Crippen molar-refractivity contribution >= 4 is 23.3 Å². The molecule has 0 aliphatic carbocycles. The van der Waals surface area contributed by atoms with Crippen molar-refractivity contribution in [2.24, 2.45) is 0 Å². The Balaban J connectivity index is 1.51. The van der Waals surface area contributed by atoms with Crippen LogP contribution in [0.25, 0.3) is 5.70 Å². The maximum Gasteiger partial charge on any atom is 0.337 e. The van der Waals surface area contributed by atoms with E-state index in [-0.39, 0.29) is 11.9 Å². The Hall–Kier alpha value is -4.33. The van der Waals surface area contributed by atoms with Gasteiger partial charge in [-0.25, -0.2) is 9.48 Å². The number of hydrogen-bond donors (Lipinski definition) is 0. The minimum absolute atomic E-state index is 0.161. The number of allylic oxidation sites excluding steroid dienone is 3. The summed E-state index contributed by atoms with van der Waals surface area (Å²) in [6, 6.07) is 12.9. The lowest BCUT2D eigenvalue weighted by molar-refractivity contribution is 0.0600. The van der Waals surface area contributed by atoms with Crippen LogP contribution in [0.5, 0.6) is 11.5 Å². The first kappa shape index (κ1) is 24.4. The van der Waals surface area contributed by atoms with Gasteiger partial charge in [0, 0.05) is 23.5 Å². The Morgan fingerprint density at radius 2 is 1.78 bits per heavy atom. The standard InChI is InChI=1S/C29H29N3O5/c1-35-26-14-12-20(17-27(26)36-2)25-10-6-4-5-9-22-18-23(30-32(22)25)28(33)31-15-7-8-19-16-21(29(34)37-3)11-13-24(19)31/h4,6,10-14,16-18H,5,7-9,15H2,1-3H3/b6-4-,25-10-. The highest BCUT2D eigenvalue weighted by Crippen LogP contribution is 2.33. The molecule has 0 unspecified atom stereocenters. The van der Waals surface area contributed by atoms with Crippen LogP contribution in [0, 0.1) is 0 Å². The first-order valence-corrected chi connectivity index (χ1v) is 12.3. The van der Waals surface area contributed by atoms with Gasteiger partial charge >= 0.3 is 5.97 Å². The molecule has 2 aliphatic heterocycles. The van der Waals surface area contributed by atoms with E-state index in [4.69, 9.17) is 19.3 Å². The molecule has 2 aliphatic rings. The van der Waals surface area contributed by atoms with Crippen LogP contribution < -0.4 is 14.4 Å². The molecular formula is C29H29N3O5. The lowest BCUT2D eigenvalue weighted by Gasteiger charge is -2.29. The Bertz CT molecular complexity index is 1420. The number of esters is 1. The molecule has 1 aromatic heterocycles. The van der Waals surface area contributed by atoms with Crippen molar-refractivity contribution in [2.45, 2.75) is 25.7 Å². The summed E-state index contributed by atoms with van der Waals surface area (Å²) >= 11 is 0. The minimum atomic E-state index is -0.386. The van der Waals surface area contributed by atoms with Crippen molar-refractivity contribution in [3.8, 4) is 11.5 Å². The normalized spacial score (nSPS) is 16.8. The van der Waals surface area contributed by atoms with E-state index in [2.05, 4.69) is 6.08 Å². The molecule has 0 radical (unpaired) electrons. The number of amides is 1. The molecule has 0 saturated carbocycles. The number of carbonyl (C=O) groups excluding carboxylic acids is 2. The second-order valence-corrected chi connectivity index (χ2v) is 8.92. The maximum atomic E-state index is 13.7. The van der Waals surface area contributed by atoms with Crippen LogP contribution in [-0.2, 0) is 17.6 Å². The second-order valence-electron chi connectivity index (χ2n) is 8.92. The number of rotatable bonds is 5. The molecule has 0 atom stereocenters. The summed E-state index contributed by atoms with van der Waals surface area (Å²) in [6.07, 6.45) is 9.31. The van der Waals surface area contributed by atoms with Crippen LogP contribution in [-0.4, -0.2) is 49.5 Å². The van der Waals surface area contributed by atoms with E-state index < -0.39 is 0 Å². The van der Waals surface area contributed by atoms with Gasteiger partial charge in [-0.1, -0.05) is 12.2 Å². The number of ether oxygens (including phenoxy) is 3. The van der Waals surface area contributed by atoms with Gasteiger partial charge in [0.2, 0.25) is 0 Å². The summed E-state index contributed by atoms with van der Waals surface area (Å²) in [6.45, 7) is 0.589. The van der Waals surface area contributed by atoms with Crippen molar-refractivity contribution in [2.75, 3.05) is 32.8 Å². The molecule has 190 valence electrons. The van der Waals surface area contributed by atoms with E-state index in [1.54, 1.807) is 25.2 Å². The zero-order valence-corrected chi connectivity index (χ0v) is 21.2. The average molecular weight is 500 g/mol. The Morgan fingerprint density at radius 1 is 0.946 bits per heavy atom. The zero-order valence-electron chi connectivity index (χ0n) is 21.2. The smallest absolute Gasteiger partial charge is 0.337 e. The fraction of sp³-hybridized carbons (Fsp3) is 0.276. The Labute approximate surface area is 215 Å². The van der Waals surface area contributed by atoms with Gasteiger partial charge < -0.3 is 19.1 Å². The van der Waals surface area contributed by atoms with Crippen LogP contribution in [0.1, 0.15) is 50.5 Å². The first-order valence-electron chi connectivity index (χ1n) is 12.3. The van der Waals surface area contributed by atoms with Crippen molar-refractivity contribution in [3.05, 3.63) is 88.8 Å². The number of hydrogen-bond acceptors (Lipinski definition) is 6. The molecule has 0 N–H and O–H groups in total. The molecule has 5 rings (SSSR count). The Kier molecular flexibility index (Phi) is 6.81. The third-order valence-electron chi connectivity index (χ3n) is 6.73. The van der Waals surface area contributed by atoms with Crippen LogP contribution in [0.2, 0.25) is 0 Å². The fourth-order valence-electron chi connectivity index (χ4n) is 4.87. The fourth-order valence-corrected chi connectivity index (χ4v) is 4.87. The van der Waals surface area contributed by atoms with E-state index in [0.717, 1.165) is 53.9 Å². The van der Waals surface area contributed by atoms with E-state index in [1.807, 2.05) is 53.2 Å². The highest BCUT2D eigenvalue weighted by atomic mass is 16.5. The maximum absolute atomic E-state index is 13.7. The van der Waals surface area contributed by atoms with Crippen molar-refractivity contribution < 1.29 is 23.8 Å². The monoisotopic (exact) mass is 499 g/mol. The number of aryl methyl sites for hydroxylation is 2. The number of nitrogens with zero attached hydrogens (tertiary/aromatic N) is 3. The summed E-state index contributed by atoms with van der Waals surface area (Å²) in [4.78, 5) is 27.5. The topological polar surface area (TPSA) is 82.9 Å². The summed E-state index contributed by atoms with van der Waals surface area (Å²) in [5, 5.41) is 4.79. The van der Waals surface area contributed by atoms with Crippen molar-refractivity contribution in [1.82, 2.24) is 9.78 Å². The zero-order chi connectivity index (χ0) is 25.9. The second kappa shape index (κ2) is 10.3. The minimum Gasteiger partial charge on any atom is -0.493 e.